The molecule has 5 heteroatoms. The van der Waals surface area contributed by atoms with E-state index in [1.165, 1.54) is 38.8 Å². The molecule has 92 valence electrons. The van der Waals surface area contributed by atoms with Crippen LogP contribution in [0.3, 0.4) is 0 Å². The molecule has 0 aromatic heterocycles. The van der Waals surface area contributed by atoms with Gasteiger partial charge in [-0.05, 0) is 38.8 Å². The van der Waals surface area contributed by atoms with Crippen molar-refractivity contribution >= 4 is 6.03 Å². The Kier molecular flexibility index (Phi) is 4.01. The highest BCUT2D eigenvalue weighted by molar-refractivity contribution is 5.71. The monoisotopic (exact) mass is 226 g/mol. The molecular formula is C11H22N4O. The van der Waals surface area contributed by atoms with Gasteiger partial charge in [0.25, 0.3) is 0 Å². The van der Waals surface area contributed by atoms with E-state index in [1.54, 1.807) is 0 Å². The van der Waals surface area contributed by atoms with E-state index < -0.39 is 6.03 Å². The molecule has 4 N–H and O–H groups in total. The Labute approximate surface area is 96.7 Å². The van der Waals surface area contributed by atoms with Crippen molar-refractivity contribution in [3.8, 4) is 0 Å². The molecule has 0 aromatic rings. The molecule has 2 amide bonds. The van der Waals surface area contributed by atoms with Crippen LogP contribution in [0, 0.1) is 0 Å². The Morgan fingerprint density at radius 1 is 1.31 bits per heavy atom. The van der Waals surface area contributed by atoms with Crippen LogP contribution < -0.4 is 16.4 Å². The minimum Gasteiger partial charge on any atom is -0.352 e. The Balaban J connectivity index is 1.62. The van der Waals surface area contributed by atoms with Gasteiger partial charge in [0.2, 0.25) is 0 Å². The minimum atomic E-state index is -0.438. The van der Waals surface area contributed by atoms with Crippen molar-refractivity contribution in [3.05, 3.63) is 0 Å². The van der Waals surface area contributed by atoms with E-state index in [4.69, 9.17) is 5.73 Å². The number of rotatable bonds is 4. The standard InChI is InChI=1S/C11H22N4O/c12-11(16)14-5-4-13-9-3-7-15-6-1-2-10(15)8-9/h9-10,13H,1-8H2,(H3,12,14,16). The summed E-state index contributed by atoms with van der Waals surface area (Å²) in [7, 11) is 0. The predicted octanol–water partition coefficient (Wildman–Crippen LogP) is -0.129. The van der Waals surface area contributed by atoms with Crippen molar-refractivity contribution in [1.29, 1.82) is 0 Å². The Morgan fingerprint density at radius 2 is 2.19 bits per heavy atom. The van der Waals surface area contributed by atoms with E-state index in [0.717, 1.165) is 12.6 Å². The number of primary amides is 1. The lowest BCUT2D eigenvalue weighted by atomic mass is 9.98. The number of amides is 2. The number of carbonyl (C=O) groups is 1. The van der Waals surface area contributed by atoms with Crippen molar-refractivity contribution in [2.75, 3.05) is 26.2 Å². The van der Waals surface area contributed by atoms with Crippen LogP contribution in [0.5, 0.6) is 0 Å². The SMILES string of the molecule is NC(=O)NCCNC1CCN2CCCC2C1. The van der Waals surface area contributed by atoms with Crippen LogP contribution >= 0.6 is 0 Å². The molecule has 0 radical (unpaired) electrons. The number of hydrogen-bond donors (Lipinski definition) is 3. The van der Waals surface area contributed by atoms with Crippen LogP contribution in [0.15, 0.2) is 0 Å². The average Bonchev–Trinajstić information content (AvgIpc) is 2.71. The number of piperidine rings is 1. The second-order valence-corrected chi connectivity index (χ2v) is 4.80. The summed E-state index contributed by atoms with van der Waals surface area (Å²) in [4.78, 5) is 13.1. The normalized spacial score (nSPS) is 30.0. The van der Waals surface area contributed by atoms with Crippen molar-refractivity contribution < 1.29 is 4.79 Å². The average molecular weight is 226 g/mol. The largest absolute Gasteiger partial charge is 0.352 e. The highest BCUT2D eigenvalue weighted by Crippen LogP contribution is 2.26. The third-order valence-electron chi connectivity index (χ3n) is 3.68. The maximum Gasteiger partial charge on any atom is 0.312 e. The fourth-order valence-corrected chi connectivity index (χ4v) is 2.87. The van der Waals surface area contributed by atoms with Gasteiger partial charge in [0.05, 0.1) is 0 Å². The molecule has 2 aliphatic heterocycles. The van der Waals surface area contributed by atoms with E-state index >= 15 is 0 Å². The lowest BCUT2D eigenvalue weighted by Crippen LogP contribution is -2.47. The summed E-state index contributed by atoms with van der Waals surface area (Å²) in [5.74, 6) is 0. The smallest absolute Gasteiger partial charge is 0.312 e. The summed E-state index contributed by atoms with van der Waals surface area (Å²) in [5, 5.41) is 6.09. The van der Waals surface area contributed by atoms with Gasteiger partial charge >= 0.3 is 6.03 Å². The van der Waals surface area contributed by atoms with Crippen molar-refractivity contribution in [2.24, 2.45) is 5.73 Å². The lowest BCUT2D eigenvalue weighted by molar-refractivity contribution is 0.167. The summed E-state index contributed by atoms with van der Waals surface area (Å²) in [6.07, 6.45) is 5.21. The third kappa shape index (κ3) is 3.09. The van der Waals surface area contributed by atoms with Crippen LogP contribution in [-0.2, 0) is 0 Å². The zero-order valence-electron chi connectivity index (χ0n) is 9.74. The Hall–Kier alpha value is -0.810. The Bertz CT molecular complexity index is 246. The van der Waals surface area contributed by atoms with Crippen LogP contribution in [-0.4, -0.2) is 49.2 Å². The first-order chi connectivity index (χ1) is 7.75. The molecule has 5 nitrogen and oxygen atoms in total. The summed E-state index contributed by atoms with van der Waals surface area (Å²) in [5.41, 5.74) is 5.00. The number of nitrogens with two attached hydrogens (primary N) is 1. The molecule has 2 aliphatic rings. The van der Waals surface area contributed by atoms with Crippen molar-refractivity contribution in [2.45, 2.75) is 37.8 Å². The topological polar surface area (TPSA) is 70.4 Å². The maximum absolute atomic E-state index is 10.5. The van der Waals surface area contributed by atoms with E-state index in [-0.39, 0.29) is 0 Å². The molecule has 0 aliphatic carbocycles. The molecule has 0 aromatic carbocycles. The van der Waals surface area contributed by atoms with Gasteiger partial charge in [0.15, 0.2) is 0 Å². The van der Waals surface area contributed by atoms with E-state index in [2.05, 4.69) is 15.5 Å². The first kappa shape index (κ1) is 11.7. The summed E-state index contributed by atoms with van der Waals surface area (Å²) >= 11 is 0. The highest BCUT2D eigenvalue weighted by atomic mass is 16.2. The first-order valence-corrected chi connectivity index (χ1v) is 6.26. The van der Waals surface area contributed by atoms with E-state index in [1.807, 2.05) is 0 Å². The van der Waals surface area contributed by atoms with Gasteiger partial charge in [-0.25, -0.2) is 4.79 Å². The van der Waals surface area contributed by atoms with Gasteiger partial charge < -0.3 is 21.3 Å². The maximum atomic E-state index is 10.5. The summed E-state index contributed by atoms with van der Waals surface area (Å²) < 4.78 is 0. The van der Waals surface area contributed by atoms with Gasteiger partial charge in [-0.3, -0.25) is 0 Å². The number of fused-ring (bicyclic) bond motifs is 1. The van der Waals surface area contributed by atoms with E-state index in [9.17, 15) is 4.79 Å². The fraction of sp³-hybridized carbons (Fsp3) is 0.909. The first-order valence-electron chi connectivity index (χ1n) is 6.26. The Morgan fingerprint density at radius 3 is 3.00 bits per heavy atom. The van der Waals surface area contributed by atoms with Gasteiger partial charge in [-0.1, -0.05) is 0 Å². The number of hydrogen-bond acceptors (Lipinski definition) is 3. The molecule has 0 bridgehead atoms. The van der Waals surface area contributed by atoms with Crippen LogP contribution in [0.2, 0.25) is 0 Å². The van der Waals surface area contributed by atoms with Crippen LogP contribution in [0.1, 0.15) is 25.7 Å². The number of nitrogens with zero attached hydrogens (tertiary/aromatic N) is 1. The molecule has 0 saturated carbocycles. The second-order valence-electron chi connectivity index (χ2n) is 4.80. The summed E-state index contributed by atoms with van der Waals surface area (Å²) in [6, 6.07) is 0.983. The number of carbonyl (C=O) groups excluding carboxylic acids is 1. The summed E-state index contributed by atoms with van der Waals surface area (Å²) in [6.45, 7) is 3.97. The predicted molar refractivity (Wildman–Crippen MR) is 63.2 cm³/mol. The molecule has 2 fully saturated rings. The van der Waals surface area contributed by atoms with Gasteiger partial charge in [0.1, 0.15) is 0 Å². The quantitative estimate of drug-likeness (QED) is 0.585. The lowest BCUT2D eigenvalue weighted by Gasteiger charge is -2.35. The molecule has 0 spiro atoms. The molecule has 16 heavy (non-hydrogen) atoms. The van der Waals surface area contributed by atoms with Gasteiger partial charge in [0, 0.05) is 25.2 Å². The molecular weight excluding hydrogens is 204 g/mol. The fourth-order valence-electron chi connectivity index (χ4n) is 2.87. The van der Waals surface area contributed by atoms with Crippen LogP contribution in [0.25, 0.3) is 0 Å². The molecule has 2 unspecified atom stereocenters. The van der Waals surface area contributed by atoms with Crippen molar-refractivity contribution in [1.82, 2.24) is 15.5 Å². The second kappa shape index (κ2) is 5.50. The molecule has 2 atom stereocenters. The van der Waals surface area contributed by atoms with Crippen LogP contribution in [0.4, 0.5) is 4.79 Å². The van der Waals surface area contributed by atoms with Gasteiger partial charge in [-0.15, -0.1) is 0 Å². The highest BCUT2D eigenvalue weighted by Gasteiger charge is 2.31. The molecule has 2 saturated heterocycles. The molecule has 2 heterocycles. The zero-order valence-corrected chi connectivity index (χ0v) is 9.74. The zero-order chi connectivity index (χ0) is 11.4. The van der Waals surface area contributed by atoms with E-state index in [0.29, 0.717) is 12.6 Å². The molecule has 2 rings (SSSR count). The number of urea groups is 1. The van der Waals surface area contributed by atoms with Gasteiger partial charge in [-0.2, -0.15) is 0 Å². The third-order valence-corrected chi connectivity index (χ3v) is 3.68. The van der Waals surface area contributed by atoms with Crippen molar-refractivity contribution in [3.63, 3.8) is 0 Å². The minimum absolute atomic E-state index is 0.438. The number of nitrogens with one attached hydrogen (secondary N) is 2.